The van der Waals surface area contributed by atoms with Gasteiger partial charge >= 0.3 is 0 Å². The molecule has 0 saturated carbocycles. The van der Waals surface area contributed by atoms with Crippen LogP contribution in [0.4, 0.5) is 0 Å². The molecular formula is C16H22N2O6S. The molecule has 1 aromatic carbocycles. The first-order valence-electron chi connectivity index (χ1n) is 7.39. The first-order valence-corrected chi connectivity index (χ1v) is 8.83. The number of rotatable bonds is 7. The summed E-state index contributed by atoms with van der Waals surface area (Å²) in [5, 5.41) is 19.0. The van der Waals surface area contributed by atoms with Gasteiger partial charge in [-0.1, -0.05) is 25.7 Å². The number of aliphatic hydroxyl groups excluding tert-OH is 1. The monoisotopic (exact) mass is 370 g/mol. The zero-order valence-corrected chi connectivity index (χ0v) is 15.1. The quantitative estimate of drug-likeness (QED) is 0.439. The van der Waals surface area contributed by atoms with Crippen LogP contribution < -0.4 is 10.5 Å². The lowest BCUT2D eigenvalue weighted by Gasteiger charge is -2.36. The maximum absolute atomic E-state index is 12.7. The van der Waals surface area contributed by atoms with Crippen LogP contribution in [-0.2, 0) is 14.8 Å². The van der Waals surface area contributed by atoms with Crippen LogP contribution in [0.15, 0.2) is 29.2 Å². The van der Waals surface area contributed by atoms with Gasteiger partial charge in [-0.25, -0.2) is 8.42 Å². The van der Waals surface area contributed by atoms with Crippen LogP contribution in [0.1, 0.15) is 13.8 Å². The third kappa shape index (κ3) is 4.49. The van der Waals surface area contributed by atoms with Gasteiger partial charge in [0.15, 0.2) is 0 Å². The molecule has 1 atom stereocenters. The number of ether oxygens (including phenoxy) is 1. The highest BCUT2D eigenvalue weighted by molar-refractivity contribution is 7.89. The molecule has 1 amide bonds. The van der Waals surface area contributed by atoms with Crippen molar-refractivity contribution in [2.24, 2.45) is 11.7 Å². The van der Waals surface area contributed by atoms with Crippen LogP contribution in [0, 0.1) is 17.8 Å². The molecule has 0 radical (unpaired) electrons. The Hall–Kier alpha value is -2.12. The lowest BCUT2D eigenvalue weighted by molar-refractivity contribution is -0.156. The molecule has 138 valence electrons. The molecule has 1 unspecified atom stereocenters. The third-order valence-electron chi connectivity index (χ3n) is 3.64. The minimum atomic E-state index is -4.17. The number of hydrogen-bond donors (Lipinski definition) is 3. The minimum Gasteiger partial charge on any atom is -0.481 e. The molecule has 1 aromatic rings. The summed E-state index contributed by atoms with van der Waals surface area (Å²) in [6.45, 7) is 2.75. The molecule has 0 aliphatic heterocycles. The van der Waals surface area contributed by atoms with Gasteiger partial charge in [-0.05, 0) is 24.3 Å². The second-order valence-electron chi connectivity index (χ2n) is 5.49. The van der Waals surface area contributed by atoms with Crippen molar-refractivity contribution in [1.82, 2.24) is 4.31 Å². The number of carbonyl (C=O) groups is 1. The lowest BCUT2D eigenvalue weighted by atomic mass is 9.99. The van der Waals surface area contributed by atoms with Gasteiger partial charge in [-0.2, -0.15) is 4.31 Å². The molecule has 1 rings (SSSR count). The predicted octanol–water partition coefficient (Wildman–Crippen LogP) is -0.488. The fraction of sp³-hybridized carbons (Fsp3) is 0.438. The largest absolute Gasteiger partial charge is 0.481 e. The van der Waals surface area contributed by atoms with E-state index < -0.39 is 27.6 Å². The fourth-order valence-electron chi connectivity index (χ4n) is 2.08. The third-order valence-corrected chi connectivity index (χ3v) is 5.51. The van der Waals surface area contributed by atoms with E-state index in [2.05, 4.69) is 11.8 Å². The zero-order valence-electron chi connectivity index (χ0n) is 14.3. The Morgan fingerprint density at radius 3 is 2.32 bits per heavy atom. The molecule has 0 fully saturated rings. The molecule has 0 bridgehead atoms. The van der Waals surface area contributed by atoms with Crippen molar-refractivity contribution in [1.29, 1.82) is 0 Å². The van der Waals surface area contributed by atoms with E-state index in [4.69, 9.17) is 15.6 Å². The molecule has 0 aromatic heterocycles. The minimum absolute atomic E-state index is 0.0430. The molecule has 0 aliphatic carbocycles. The van der Waals surface area contributed by atoms with Crippen molar-refractivity contribution in [2.45, 2.75) is 24.5 Å². The maximum Gasteiger partial charge on any atom is 0.266 e. The van der Waals surface area contributed by atoms with Crippen molar-refractivity contribution in [3.05, 3.63) is 24.3 Å². The molecule has 4 N–H and O–H groups in total. The van der Waals surface area contributed by atoms with E-state index >= 15 is 0 Å². The van der Waals surface area contributed by atoms with Crippen LogP contribution >= 0.6 is 0 Å². The number of likely N-dealkylation sites (N-methyl/N-ethyl adjacent to an activating group) is 1. The summed E-state index contributed by atoms with van der Waals surface area (Å²) in [6.07, 6.45) is 0. The number of hydrogen-bond acceptors (Lipinski definition) is 6. The first kappa shape index (κ1) is 20.9. The Kier molecular flexibility index (Phi) is 6.96. The van der Waals surface area contributed by atoms with Gasteiger partial charge in [0.25, 0.3) is 5.91 Å². The van der Waals surface area contributed by atoms with Crippen LogP contribution in [0.2, 0.25) is 0 Å². The summed E-state index contributed by atoms with van der Waals surface area (Å²) < 4.78 is 31.2. The van der Waals surface area contributed by atoms with Crippen LogP contribution in [0.3, 0.4) is 0 Å². The van der Waals surface area contributed by atoms with E-state index in [1.54, 1.807) is 0 Å². The van der Waals surface area contributed by atoms with Gasteiger partial charge in [-0.3, -0.25) is 4.79 Å². The average Bonchev–Trinajstić information content (AvgIpc) is 2.57. The smallest absolute Gasteiger partial charge is 0.266 e. The van der Waals surface area contributed by atoms with Crippen molar-refractivity contribution in [3.63, 3.8) is 0 Å². The summed E-state index contributed by atoms with van der Waals surface area (Å²) in [7, 11) is -3.07. The van der Waals surface area contributed by atoms with Gasteiger partial charge in [0.1, 0.15) is 19.0 Å². The van der Waals surface area contributed by atoms with Crippen LogP contribution in [0.25, 0.3) is 0 Å². The van der Waals surface area contributed by atoms with Crippen molar-refractivity contribution in [3.8, 4) is 17.6 Å². The Morgan fingerprint density at radius 1 is 1.32 bits per heavy atom. The van der Waals surface area contributed by atoms with E-state index in [9.17, 15) is 18.3 Å². The first-order chi connectivity index (χ1) is 11.6. The van der Waals surface area contributed by atoms with E-state index in [1.165, 1.54) is 38.1 Å². The van der Waals surface area contributed by atoms with Crippen LogP contribution in [-0.4, -0.2) is 54.8 Å². The normalized spacial score (nSPS) is 13.9. The standard InChI is InChI=1S/C16H22N2O6S/c1-12(2)16(21,15(17)20)18(3)25(22,23)14-8-6-13(7-9-14)24-11-5-4-10-19/h6-9,12,19,21H,10-11H2,1-3H3,(H2,17,20). The Morgan fingerprint density at radius 2 is 1.88 bits per heavy atom. The number of nitrogens with two attached hydrogens (primary N) is 1. The number of benzene rings is 1. The highest BCUT2D eigenvalue weighted by Gasteiger charge is 2.47. The van der Waals surface area contributed by atoms with Gasteiger partial charge < -0.3 is 20.7 Å². The molecule has 9 heteroatoms. The molecular weight excluding hydrogens is 348 g/mol. The topological polar surface area (TPSA) is 130 Å². The van der Waals surface area contributed by atoms with E-state index in [-0.39, 0.29) is 18.1 Å². The Bertz CT molecular complexity index is 764. The summed E-state index contributed by atoms with van der Waals surface area (Å²) in [5.41, 5.74) is 2.85. The van der Waals surface area contributed by atoms with Crippen molar-refractivity contribution in [2.75, 3.05) is 20.3 Å². The summed E-state index contributed by atoms with van der Waals surface area (Å²) >= 11 is 0. The van der Waals surface area contributed by atoms with E-state index in [1.807, 2.05) is 0 Å². The number of aliphatic hydroxyl groups is 2. The zero-order chi connectivity index (χ0) is 19.3. The van der Waals surface area contributed by atoms with Crippen LogP contribution in [0.5, 0.6) is 5.75 Å². The molecule has 0 heterocycles. The Labute approximate surface area is 147 Å². The number of sulfonamides is 1. The number of nitrogens with zero attached hydrogens (tertiary/aromatic N) is 1. The fourth-order valence-corrected chi connectivity index (χ4v) is 3.54. The van der Waals surface area contributed by atoms with Gasteiger partial charge in [0.05, 0.1) is 4.90 Å². The SMILES string of the molecule is CC(C)C(O)(C(N)=O)N(C)S(=O)(=O)c1ccc(OCC#CCO)cc1. The summed E-state index contributed by atoms with van der Waals surface area (Å²) in [5.74, 6) is 3.44. The van der Waals surface area contributed by atoms with Crippen molar-refractivity contribution < 1.29 is 28.2 Å². The number of primary amides is 1. The molecule has 0 aliphatic rings. The average molecular weight is 370 g/mol. The molecule has 0 spiro atoms. The summed E-state index contributed by atoms with van der Waals surface area (Å²) in [6, 6.07) is 5.39. The second kappa shape index (κ2) is 8.31. The van der Waals surface area contributed by atoms with E-state index in [0.717, 1.165) is 7.05 Å². The highest BCUT2D eigenvalue weighted by Crippen LogP contribution is 2.28. The summed E-state index contributed by atoms with van der Waals surface area (Å²) in [4.78, 5) is 11.5. The second-order valence-corrected chi connectivity index (χ2v) is 7.46. The molecule has 8 nitrogen and oxygen atoms in total. The van der Waals surface area contributed by atoms with Gasteiger partial charge in [0.2, 0.25) is 15.7 Å². The number of carbonyl (C=O) groups excluding carboxylic acids is 1. The number of amides is 1. The molecule has 25 heavy (non-hydrogen) atoms. The molecule has 0 saturated heterocycles. The maximum atomic E-state index is 12.7. The lowest BCUT2D eigenvalue weighted by Crippen LogP contribution is -2.61. The predicted molar refractivity (Wildman–Crippen MR) is 90.7 cm³/mol. The van der Waals surface area contributed by atoms with E-state index in [0.29, 0.717) is 10.1 Å². The van der Waals surface area contributed by atoms with Crippen molar-refractivity contribution >= 4 is 15.9 Å². The highest BCUT2D eigenvalue weighted by atomic mass is 32.2. The van der Waals surface area contributed by atoms with Gasteiger partial charge in [0, 0.05) is 13.0 Å². The van der Waals surface area contributed by atoms with Gasteiger partial charge in [-0.15, -0.1) is 0 Å². The Balaban J connectivity index is 3.07.